The van der Waals surface area contributed by atoms with Crippen molar-refractivity contribution in [3.63, 3.8) is 0 Å². The molecule has 0 bridgehead atoms. The predicted molar refractivity (Wildman–Crippen MR) is 86.1 cm³/mol. The number of pyridine rings is 1. The van der Waals surface area contributed by atoms with Crippen LogP contribution in [0.15, 0.2) is 42.6 Å². The van der Waals surface area contributed by atoms with E-state index in [2.05, 4.69) is 26.9 Å². The minimum atomic E-state index is 0.572. The zero-order valence-electron chi connectivity index (χ0n) is 12.2. The molecule has 0 aliphatic carbocycles. The van der Waals surface area contributed by atoms with Gasteiger partial charge < -0.3 is 20.3 Å². The minimum Gasteiger partial charge on any atom is -0.497 e. The first kappa shape index (κ1) is 13.5. The molecule has 0 unspecified atom stereocenters. The fourth-order valence-electron chi connectivity index (χ4n) is 2.66. The van der Waals surface area contributed by atoms with Crippen LogP contribution in [0.2, 0.25) is 0 Å². The van der Waals surface area contributed by atoms with Gasteiger partial charge in [-0.05, 0) is 18.2 Å². The van der Waals surface area contributed by atoms with Crippen LogP contribution in [0.4, 0.5) is 17.2 Å². The smallest absolute Gasteiger partial charge is 0.125 e. The number of nitrogens with zero attached hydrogens (tertiary/aromatic N) is 3. The van der Waals surface area contributed by atoms with E-state index in [9.17, 15) is 0 Å². The molecule has 110 valence electrons. The van der Waals surface area contributed by atoms with E-state index in [1.165, 1.54) is 5.69 Å². The molecule has 5 nitrogen and oxygen atoms in total. The van der Waals surface area contributed by atoms with Gasteiger partial charge in [0, 0.05) is 55.9 Å². The Labute approximate surface area is 125 Å². The Morgan fingerprint density at radius 1 is 1.00 bits per heavy atom. The largest absolute Gasteiger partial charge is 0.497 e. The molecule has 1 saturated heterocycles. The number of nitrogen functional groups attached to an aromatic ring is 1. The molecule has 1 aromatic carbocycles. The molecule has 2 aromatic rings. The molecule has 0 saturated carbocycles. The van der Waals surface area contributed by atoms with Crippen molar-refractivity contribution < 1.29 is 4.74 Å². The molecule has 1 fully saturated rings. The van der Waals surface area contributed by atoms with Gasteiger partial charge in [-0.25, -0.2) is 4.98 Å². The summed E-state index contributed by atoms with van der Waals surface area (Å²) in [6.07, 6.45) is 1.76. The van der Waals surface area contributed by atoms with E-state index >= 15 is 0 Å². The van der Waals surface area contributed by atoms with Crippen LogP contribution in [0.25, 0.3) is 0 Å². The van der Waals surface area contributed by atoms with E-state index in [0.717, 1.165) is 37.6 Å². The van der Waals surface area contributed by atoms with Gasteiger partial charge in [0.2, 0.25) is 0 Å². The summed E-state index contributed by atoms with van der Waals surface area (Å²) < 4.78 is 5.29. The highest BCUT2D eigenvalue weighted by molar-refractivity contribution is 5.55. The Morgan fingerprint density at radius 2 is 1.67 bits per heavy atom. The maximum atomic E-state index is 5.75. The summed E-state index contributed by atoms with van der Waals surface area (Å²) in [6.45, 7) is 3.91. The van der Waals surface area contributed by atoms with Crippen molar-refractivity contribution in [2.24, 2.45) is 0 Å². The number of nitrogens with two attached hydrogens (primary N) is 1. The molecule has 5 heteroatoms. The van der Waals surface area contributed by atoms with Crippen LogP contribution in [0.1, 0.15) is 0 Å². The van der Waals surface area contributed by atoms with Crippen LogP contribution in [0.3, 0.4) is 0 Å². The summed E-state index contributed by atoms with van der Waals surface area (Å²) in [7, 11) is 1.70. The first-order valence-electron chi connectivity index (χ1n) is 7.12. The van der Waals surface area contributed by atoms with Gasteiger partial charge in [0.25, 0.3) is 0 Å². The number of methoxy groups -OCH3 is 1. The highest BCUT2D eigenvalue weighted by atomic mass is 16.5. The zero-order valence-corrected chi connectivity index (χ0v) is 12.2. The molecule has 2 N–H and O–H groups in total. The summed E-state index contributed by atoms with van der Waals surface area (Å²) >= 11 is 0. The molecule has 0 spiro atoms. The summed E-state index contributed by atoms with van der Waals surface area (Å²) in [4.78, 5) is 8.76. The maximum Gasteiger partial charge on any atom is 0.125 e. The summed E-state index contributed by atoms with van der Waals surface area (Å²) in [6, 6.07) is 12.2. The number of ether oxygens (including phenoxy) is 1. The normalized spacial score (nSPS) is 15.1. The van der Waals surface area contributed by atoms with Crippen LogP contribution < -0.4 is 20.3 Å². The average Bonchev–Trinajstić information content (AvgIpc) is 2.55. The van der Waals surface area contributed by atoms with Crippen molar-refractivity contribution in [1.29, 1.82) is 0 Å². The number of hydrogen-bond acceptors (Lipinski definition) is 5. The number of piperazine rings is 1. The van der Waals surface area contributed by atoms with Gasteiger partial charge >= 0.3 is 0 Å². The van der Waals surface area contributed by atoms with Crippen LogP contribution >= 0.6 is 0 Å². The standard InChI is InChI=1S/C16H20N4O/c1-21-15-4-2-3-13(11-15)19-7-9-20(10-8-19)14-5-6-18-16(17)12-14/h2-6,11-12H,7-10H2,1H3,(H2,17,18). The fourth-order valence-corrected chi connectivity index (χ4v) is 2.66. The number of anilines is 3. The lowest BCUT2D eigenvalue weighted by Gasteiger charge is -2.37. The van der Waals surface area contributed by atoms with Crippen molar-refractivity contribution >= 4 is 17.2 Å². The lowest BCUT2D eigenvalue weighted by atomic mass is 10.2. The van der Waals surface area contributed by atoms with Gasteiger partial charge in [-0.3, -0.25) is 0 Å². The molecular weight excluding hydrogens is 264 g/mol. The monoisotopic (exact) mass is 284 g/mol. The molecule has 2 heterocycles. The van der Waals surface area contributed by atoms with E-state index in [1.807, 2.05) is 24.3 Å². The van der Waals surface area contributed by atoms with E-state index in [-0.39, 0.29) is 0 Å². The lowest BCUT2D eigenvalue weighted by molar-refractivity contribution is 0.414. The van der Waals surface area contributed by atoms with Crippen LogP contribution in [-0.4, -0.2) is 38.3 Å². The van der Waals surface area contributed by atoms with E-state index in [4.69, 9.17) is 10.5 Å². The van der Waals surface area contributed by atoms with Crippen LogP contribution in [-0.2, 0) is 0 Å². The molecular formula is C16H20N4O. The molecule has 1 aliphatic heterocycles. The third-order valence-corrected chi connectivity index (χ3v) is 3.83. The van der Waals surface area contributed by atoms with E-state index in [1.54, 1.807) is 13.3 Å². The van der Waals surface area contributed by atoms with Crippen molar-refractivity contribution in [3.05, 3.63) is 42.6 Å². The Morgan fingerprint density at radius 3 is 2.29 bits per heavy atom. The Bertz CT molecular complexity index is 609. The highest BCUT2D eigenvalue weighted by Crippen LogP contribution is 2.24. The number of aromatic nitrogens is 1. The second-order valence-electron chi connectivity index (χ2n) is 5.11. The third kappa shape index (κ3) is 3.02. The molecule has 21 heavy (non-hydrogen) atoms. The second kappa shape index (κ2) is 5.91. The number of hydrogen-bond donors (Lipinski definition) is 1. The number of rotatable bonds is 3. The second-order valence-corrected chi connectivity index (χ2v) is 5.11. The van der Waals surface area contributed by atoms with Crippen molar-refractivity contribution in [1.82, 2.24) is 4.98 Å². The Balaban J connectivity index is 1.67. The predicted octanol–water partition coefficient (Wildman–Crippen LogP) is 2.00. The molecule has 1 aromatic heterocycles. The van der Waals surface area contributed by atoms with Crippen molar-refractivity contribution in [3.8, 4) is 5.75 Å². The van der Waals surface area contributed by atoms with E-state index in [0.29, 0.717) is 5.82 Å². The van der Waals surface area contributed by atoms with Gasteiger partial charge in [-0.15, -0.1) is 0 Å². The van der Waals surface area contributed by atoms with Crippen molar-refractivity contribution in [2.45, 2.75) is 0 Å². The van der Waals surface area contributed by atoms with Gasteiger partial charge in [-0.2, -0.15) is 0 Å². The summed E-state index contributed by atoms with van der Waals surface area (Å²) in [5, 5.41) is 0. The van der Waals surface area contributed by atoms with E-state index < -0.39 is 0 Å². The Kier molecular flexibility index (Phi) is 3.81. The summed E-state index contributed by atoms with van der Waals surface area (Å²) in [5.74, 6) is 1.47. The minimum absolute atomic E-state index is 0.572. The van der Waals surface area contributed by atoms with Gasteiger partial charge in [-0.1, -0.05) is 6.07 Å². The molecule has 0 atom stereocenters. The van der Waals surface area contributed by atoms with Gasteiger partial charge in [0.1, 0.15) is 11.6 Å². The SMILES string of the molecule is COc1cccc(N2CCN(c3ccnc(N)c3)CC2)c1. The molecule has 3 rings (SSSR count). The van der Waals surface area contributed by atoms with Crippen LogP contribution in [0.5, 0.6) is 5.75 Å². The topological polar surface area (TPSA) is 54.6 Å². The fraction of sp³-hybridized carbons (Fsp3) is 0.312. The van der Waals surface area contributed by atoms with Gasteiger partial charge in [0.15, 0.2) is 0 Å². The first-order valence-corrected chi connectivity index (χ1v) is 7.12. The number of benzene rings is 1. The molecule has 1 aliphatic rings. The maximum absolute atomic E-state index is 5.75. The third-order valence-electron chi connectivity index (χ3n) is 3.83. The zero-order chi connectivity index (χ0) is 14.7. The summed E-state index contributed by atoms with van der Waals surface area (Å²) in [5.41, 5.74) is 8.11. The molecule has 0 amide bonds. The quantitative estimate of drug-likeness (QED) is 0.934. The first-order chi connectivity index (χ1) is 10.3. The average molecular weight is 284 g/mol. The van der Waals surface area contributed by atoms with Crippen LogP contribution in [0, 0.1) is 0 Å². The highest BCUT2D eigenvalue weighted by Gasteiger charge is 2.18. The lowest BCUT2D eigenvalue weighted by Crippen LogP contribution is -2.46. The molecule has 0 radical (unpaired) electrons. The van der Waals surface area contributed by atoms with Gasteiger partial charge in [0.05, 0.1) is 7.11 Å². The van der Waals surface area contributed by atoms with Crippen molar-refractivity contribution in [2.75, 3.05) is 48.8 Å². The Hall–Kier alpha value is -2.43.